The van der Waals surface area contributed by atoms with Gasteiger partial charge in [0.1, 0.15) is 5.75 Å². The lowest BCUT2D eigenvalue weighted by Crippen LogP contribution is -2.12. The number of carboxylic acids is 1. The maximum absolute atomic E-state index is 11.5. The molecule has 2 N–H and O–H groups in total. The second-order valence-electron chi connectivity index (χ2n) is 4.83. The third-order valence-corrected chi connectivity index (χ3v) is 3.67. The minimum atomic E-state index is -0.891. The Balaban J connectivity index is 2.30. The number of carbonyl (C=O) groups is 1. The summed E-state index contributed by atoms with van der Waals surface area (Å²) >= 11 is 0. The van der Waals surface area contributed by atoms with Crippen LogP contribution in [0.2, 0.25) is 0 Å². The van der Waals surface area contributed by atoms with Crippen molar-refractivity contribution in [2.75, 3.05) is 0 Å². The Hall–Kier alpha value is -2.55. The summed E-state index contributed by atoms with van der Waals surface area (Å²) < 4.78 is 0. The van der Waals surface area contributed by atoms with Crippen molar-refractivity contribution in [2.45, 2.75) is 12.8 Å². The summed E-state index contributed by atoms with van der Waals surface area (Å²) in [4.78, 5) is 11.5. The summed E-state index contributed by atoms with van der Waals surface area (Å²) in [5.41, 5.74) is 3.65. The Morgan fingerprint density at radius 2 is 1.70 bits per heavy atom. The molecule has 20 heavy (non-hydrogen) atoms. The smallest absolute Gasteiger partial charge is 0.332 e. The zero-order chi connectivity index (χ0) is 14.1. The van der Waals surface area contributed by atoms with Crippen molar-refractivity contribution in [2.24, 2.45) is 0 Å². The predicted molar refractivity (Wildman–Crippen MR) is 76.5 cm³/mol. The van der Waals surface area contributed by atoms with Gasteiger partial charge in [0.2, 0.25) is 0 Å². The molecule has 1 aliphatic rings. The van der Waals surface area contributed by atoms with Gasteiger partial charge in [-0.25, -0.2) is 4.79 Å². The number of hydrogen-bond acceptors (Lipinski definition) is 2. The Morgan fingerprint density at radius 3 is 2.40 bits per heavy atom. The molecule has 2 aromatic rings. The van der Waals surface area contributed by atoms with Crippen LogP contribution in [0, 0.1) is 0 Å². The van der Waals surface area contributed by atoms with Crippen LogP contribution in [-0.4, -0.2) is 16.2 Å². The average molecular weight is 266 g/mol. The normalized spacial score (nSPS) is 14.0. The highest BCUT2D eigenvalue weighted by Crippen LogP contribution is 2.39. The van der Waals surface area contributed by atoms with Crippen molar-refractivity contribution in [1.29, 1.82) is 0 Å². The zero-order valence-electron chi connectivity index (χ0n) is 10.8. The van der Waals surface area contributed by atoms with Crippen molar-refractivity contribution in [3.63, 3.8) is 0 Å². The van der Waals surface area contributed by atoms with Crippen LogP contribution in [0.15, 0.2) is 54.1 Å². The SMILES string of the molecule is O=C(O)C1=C(c2ccccc2)c2cccc(O)c2CC1. The van der Waals surface area contributed by atoms with Gasteiger partial charge in [0.15, 0.2) is 0 Å². The van der Waals surface area contributed by atoms with Crippen LogP contribution < -0.4 is 0 Å². The number of aromatic hydroxyl groups is 1. The maximum atomic E-state index is 11.5. The summed E-state index contributed by atoms with van der Waals surface area (Å²) in [6, 6.07) is 14.7. The third kappa shape index (κ3) is 1.97. The topological polar surface area (TPSA) is 57.5 Å². The number of fused-ring (bicyclic) bond motifs is 1. The Labute approximate surface area is 116 Å². The van der Waals surface area contributed by atoms with Crippen LogP contribution >= 0.6 is 0 Å². The minimum Gasteiger partial charge on any atom is -0.508 e. The number of phenols is 1. The fraction of sp³-hybridized carbons (Fsp3) is 0.118. The van der Waals surface area contributed by atoms with E-state index in [2.05, 4.69) is 0 Å². The van der Waals surface area contributed by atoms with E-state index >= 15 is 0 Å². The van der Waals surface area contributed by atoms with Gasteiger partial charge in [-0.3, -0.25) is 0 Å². The summed E-state index contributed by atoms with van der Waals surface area (Å²) in [6.07, 6.45) is 0.990. The molecule has 2 aromatic carbocycles. The van der Waals surface area contributed by atoms with Gasteiger partial charge in [-0.15, -0.1) is 0 Å². The molecular formula is C17H14O3. The number of hydrogen-bond donors (Lipinski definition) is 2. The number of aliphatic carboxylic acids is 1. The van der Waals surface area contributed by atoms with Gasteiger partial charge in [0, 0.05) is 11.1 Å². The van der Waals surface area contributed by atoms with Crippen LogP contribution in [0.25, 0.3) is 5.57 Å². The molecule has 3 nitrogen and oxygen atoms in total. The first-order chi connectivity index (χ1) is 9.68. The molecule has 0 saturated carbocycles. The average Bonchev–Trinajstić information content (AvgIpc) is 2.47. The van der Waals surface area contributed by atoms with Gasteiger partial charge in [-0.05, 0) is 35.6 Å². The van der Waals surface area contributed by atoms with E-state index in [-0.39, 0.29) is 5.75 Å². The van der Waals surface area contributed by atoms with Crippen LogP contribution in [0.5, 0.6) is 5.75 Å². The molecule has 0 fully saturated rings. The van der Waals surface area contributed by atoms with E-state index in [0.717, 1.165) is 22.3 Å². The van der Waals surface area contributed by atoms with Crippen molar-refractivity contribution in [3.8, 4) is 5.75 Å². The molecule has 3 rings (SSSR count). The van der Waals surface area contributed by atoms with E-state index in [4.69, 9.17) is 0 Å². The first-order valence-corrected chi connectivity index (χ1v) is 6.51. The van der Waals surface area contributed by atoms with Crippen LogP contribution in [-0.2, 0) is 11.2 Å². The fourth-order valence-corrected chi connectivity index (χ4v) is 2.76. The second-order valence-corrected chi connectivity index (χ2v) is 4.83. The van der Waals surface area contributed by atoms with Gasteiger partial charge in [0.05, 0.1) is 0 Å². The first-order valence-electron chi connectivity index (χ1n) is 6.51. The number of carboxylic acid groups (broad SMARTS) is 1. The maximum Gasteiger partial charge on any atom is 0.332 e. The Morgan fingerprint density at radius 1 is 0.950 bits per heavy atom. The second kappa shape index (κ2) is 4.85. The molecule has 100 valence electrons. The minimum absolute atomic E-state index is 0.236. The molecule has 0 aliphatic heterocycles. The summed E-state index contributed by atoms with van der Waals surface area (Å²) in [5.74, 6) is -0.654. The van der Waals surface area contributed by atoms with Crippen molar-refractivity contribution in [3.05, 3.63) is 70.8 Å². The molecule has 0 heterocycles. The molecular weight excluding hydrogens is 252 g/mol. The molecule has 0 aromatic heterocycles. The van der Waals surface area contributed by atoms with Crippen LogP contribution in [0.4, 0.5) is 0 Å². The Bertz CT molecular complexity index is 699. The quantitative estimate of drug-likeness (QED) is 0.877. The fourth-order valence-electron chi connectivity index (χ4n) is 2.76. The first kappa shape index (κ1) is 12.5. The predicted octanol–water partition coefficient (Wildman–Crippen LogP) is 3.22. The summed E-state index contributed by atoms with van der Waals surface area (Å²) in [7, 11) is 0. The van der Waals surface area contributed by atoms with Gasteiger partial charge in [0.25, 0.3) is 0 Å². The highest BCUT2D eigenvalue weighted by molar-refractivity contribution is 6.02. The van der Waals surface area contributed by atoms with E-state index < -0.39 is 5.97 Å². The molecule has 0 bridgehead atoms. The van der Waals surface area contributed by atoms with Gasteiger partial charge >= 0.3 is 5.97 Å². The molecule has 0 atom stereocenters. The van der Waals surface area contributed by atoms with Gasteiger partial charge in [-0.2, -0.15) is 0 Å². The largest absolute Gasteiger partial charge is 0.508 e. The molecule has 0 spiro atoms. The van der Waals surface area contributed by atoms with E-state index in [1.807, 2.05) is 36.4 Å². The molecule has 0 radical (unpaired) electrons. The molecule has 0 unspecified atom stereocenters. The van der Waals surface area contributed by atoms with E-state index in [1.54, 1.807) is 12.1 Å². The van der Waals surface area contributed by atoms with Crippen molar-refractivity contribution < 1.29 is 15.0 Å². The molecule has 3 heteroatoms. The van der Waals surface area contributed by atoms with Crippen molar-refractivity contribution in [1.82, 2.24) is 0 Å². The van der Waals surface area contributed by atoms with Crippen LogP contribution in [0.1, 0.15) is 23.1 Å². The van der Waals surface area contributed by atoms with E-state index in [9.17, 15) is 15.0 Å². The van der Waals surface area contributed by atoms with Crippen LogP contribution in [0.3, 0.4) is 0 Å². The monoisotopic (exact) mass is 266 g/mol. The third-order valence-electron chi connectivity index (χ3n) is 3.67. The molecule has 0 saturated heterocycles. The van der Waals surface area contributed by atoms with Gasteiger partial charge in [-0.1, -0.05) is 42.5 Å². The summed E-state index contributed by atoms with van der Waals surface area (Å²) in [6.45, 7) is 0. The highest BCUT2D eigenvalue weighted by atomic mass is 16.4. The number of phenolic OH excluding ortho intramolecular Hbond substituents is 1. The standard InChI is InChI=1S/C17H14O3/c18-15-8-4-7-13-12(15)9-10-14(17(19)20)16(13)11-5-2-1-3-6-11/h1-8,18H,9-10H2,(H,19,20). The zero-order valence-corrected chi connectivity index (χ0v) is 10.8. The Kier molecular flexibility index (Phi) is 3.03. The lowest BCUT2D eigenvalue weighted by molar-refractivity contribution is -0.132. The summed E-state index contributed by atoms with van der Waals surface area (Å²) in [5, 5.41) is 19.4. The van der Waals surface area contributed by atoms with E-state index in [0.29, 0.717) is 18.4 Å². The van der Waals surface area contributed by atoms with E-state index in [1.165, 1.54) is 0 Å². The number of benzene rings is 2. The van der Waals surface area contributed by atoms with Crippen molar-refractivity contribution >= 4 is 11.5 Å². The lowest BCUT2D eigenvalue weighted by atomic mass is 9.82. The molecule has 0 amide bonds. The molecule has 1 aliphatic carbocycles. The lowest BCUT2D eigenvalue weighted by Gasteiger charge is -2.22. The number of rotatable bonds is 2. The van der Waals surface area contributed by atoms with Gasteiger partial charge < -0.3 is 10.2 Å². The highest BCUT2D eigenvalue weighted by Gasteiger charge is 2.25.